The second-order valence-electron chi connectivity index (χ2n) is 5.36. The van der Waals surface area contributed by atoms with Crippen LogP contribution in [0.2, 0.25) is 0 Å². The predicted octanol–water partition coefficient (Wildman–Crippen LogP) is 1.63. The molecule has 0 aliphatic heterocycles. The van der Waals surface area contributed by atoms with Crippen LogP contribution in [0, 0.1) is 0 Å². The Balaban J connectivity index is 2.23. The third kappa shape index (κ3) is 3.05. The van der Waals surface area contributed by atoms with E-state index in [0.29, 0.717) is 0 Å². The molecule has 8 nitrogen and oxygen atoms in total. The third-order valence-corrected chi connectivity index (χ3v) is 3.37. The molecule has 0 atom stereocenters. The maximum atomic E-state index is 12.9. The largest absolute Gasteiger partial charge is 0.479 e. The van der Waals surface area contributed by atoms with E-state index in [1.165, 1.54) is 33.3 Å². The highest BCUT2D eigenvalue weighted by molar-refractivity contribution is 6.04. The summed E-state index contributed by atoms with van der Waals surface area (Å²) in [5, 5.41) is 19.0. The van der Waals surface area contributed by atoms with Crippen LogP contribution in [-0.4, -0.2) is 36.5 Å². The van der Waals surface area contributed by atoms with Crippen molar-refractivity contribution in [3.8, 4) is 0 Å². The van der Waals surface area contributed by atoms with E-state index in [9.17, 15) is 18.4 Å². The zero-order valence-electron chi connectivity index (χ0n) is 12.6. The monoisotopic (exact) mass is 327 g/mol. The summed E-state index contributed by atoms with van der Waals surface area (Å²) in [6.07, 6.45) is 0.741. The van der Waals surface area contributed by atoms with Crippen LogP contribution in [0.15, 0.2) is 18.6 Å². The molecule has 0 aromatic carbocycles. The highest BCUT2D eigenvalue weighted by Crippen LogP contribution is 2.23. The van der Waals surface area contributed by atoms with E-state index in [1.807, 2.05) is 0 Å². The molecule has 0 bridgehead atoms. The van der Waals surface area contributed by atoms with Gasteiger partial charge in [0.2, 0.25) is 0 Å². The number of carboxylic acids is 1. The van der Waals surface area contributed by atoms with E-state index in [2.05, 4.69) is 15.5 Å². The minimum Gasteiger partial charge on any atom is -0.479 e. The van der Waals surface area contributed by atoms with Crippen molar-refractivity contribution in [3.05, 3.63) is 29.8 Å². The molecular weight excluding hydrogens is 312 g/mol. The zero-order chi connectivity index (χ0) is 17.4. The molecule has 23 heavy (non-hydrogen) atoms. The van der Waals surface area contributed by atoms with Gasteiger partial charge in [-0.15, -0.1) is 0 Å². The lowest BCUT2D eigenvalue weighted by Crippen LogP contribution is -2.35. The van der Waals surface area contributed by atoms with Crippen LogP contribution >= 0.6 is 0 Å². The second kappa shape index (κ2) is 5.78. The second-order valence-corrected chi connectivity index (χ2v) is 5.36. The molecule has 1 amide bonds. The number of aryl methyl sites for hydroxylation is 1. The van der Waals surface area contributed by atoms with Crippen molar-refractivity contribution in [1.29, 1.82) is 0 Å². The van der Waals surface area contributed by atoms with E-state index in [4.69, 9.17) is 5.11 Å². The number of rotatable bonds is 5. The Kier molecular flexibility index (Phi) is 4.17. The molecule has 124 valence electrons. The SMILES string of the molecule is Cn1ncc(C(=O)Nc2cnn(C(C)(C)C(=O)O)c2)c1C(F)F. The number of anilines is 1. The summed E-state index contributed by atoms with van der Waals surface area (Å²) in [6, 6.07) is 0. The van der Waals surface area contributed by atoms with E-state index < -0.39 is 29.5 Å². The number of hydrogen-bond acceptors (Lipinski definition) is 4. The van der Waals surface area contributed by atoms with Crippen LogP contribution in [0.4, 0.5) is 14.5 Å². The molecular formula is C13H15F2N5O3. The van der Waals surface area contributed by atoms with Gasteiger partial charge in [0, 0.05) is 13.2 Å². The summed E-state index contributed by atoms with van der Waals surface area (Å²) in [4.78, 5) is 23.2. The molecule has 0 fully saturated rings. The molecule has 0 saturated carbocycles. The standard InChI is InChI=1S/C13H15F2N5O3/c1-13(2,12(22)23)20-6-7(4-17-20)18-11(21)8-5-16-19(3)9(8)10(14)15/h4-6,10H,1-3H3,(H,18,21)(H,22,23). The molecule has 0 aliphatic carbocycles. The summed E-state index contributed by atoms with van der Waals surface area (Å²) in [5.74, 6) is -1.88. The van der Waals surface area contributed by atoms with Crippen molar-refractivity contribution in [2.75, 3.05) is 5.32 Å². The Morgan fingerprint density at radius 3 is 2.52 bits per heavy atom. The number of carboxylic acid groups (broad SMARTS) is 1. The van der Waals surface area contributed by atoms with Crippen molar-refractivity contribution in [1.82, 2.24) is 19.6 Å². The number of carbonyl (C=O) groups excluding carboxylic acids is 1. The fourth-order valence-electron chi connectivity index (χ4n) is 1.87. The summed E-state index contributed by atoms with van der Waals surface area (Å²) in [6.45, 7) is 2.87. The third-order valence-electron chi connectivity index (χ3n) is 3.37. The average molecular weight is 327 g/mol. The first-order chi connectivity index (χ1) is 10.6. The number of carbonyl (C=O) groups is 2. The minimum atomic E-state index is -2.85. The zero-order valence-corrected chi connectivity index (χ0v) is 12.6. The number of hydrogen-bond donors (Lipinski definition) is 2. The number of amides is 1. The van der Waals surface area contributed by atoms with Crippen molar-refractivity contribution >= 4 is 17.6 Å². The average Bonchev–Trinajstić information content (AvgIpc) is 3.05. The van der Waals surface area contributed by atoms with Crippen molar-refractivity contribution in [3.63, 3.8) is 0 Å². The Morgan fingerprint density at radius 1 is 1.30 bits per heavy atom. The predicted molar refractivity (Wildman–Crippen MR) is 75.3 cm³/mol. The molecule has 0 unspecified atom stereocenters. The molecule has 2 N–H and O–H groups in total. The smallest absolute Gasteiger partial charge is 0.331 e. The van der Waals surface area contributed by atoms with E-state index in [0.717, 1.165) is 15.6 Å². The first-order valence-electron chi connectivity index (χ1n) is 6.54. The fourth-order valence-corrected chi connectivity index (χ4v) is 1.87. The number of nitrogens with zero attached hydrogens (tertiary/aromatic N) is 4. The molecule has 2 heterocycles. The van der Waals surface area contributed by atoms with Crippen molar-refractivity contribution in [2.24, 2.45) is 7.05 Å². The molecule has 2 rings (SSSR count). The van der Waals surface area contributed by atoms with Gasteiger partial charge in [-0.2, -0.15) is 10.2 Å². The molecule has 0 aliphatic rings. The Bertz CT molecular complexity index is 751. The highest BCUT2D eigenvalue weighted by Gasteiger charge is 2.30. The number of halogens is 2. The van der Waals surface area contributed by atoms with Crippen LogP contribution < -0.4 is 5.32 Å². The molecule has 0 saturated heterocycles. The number of aromatic nitrogens is 4. The van der Waals surface area contributed by atoms with Crippen LogP contribution in [0.1, 0.15) is 36.3 Å². The highest BCUT2D eigenvalue weighted by atomic mass is 19.3. The van der Waals surface area contributed by atoms with Gasteiger partial charge in [0.15, 0.2) is 5.54 Å². The number of alkyl halides is 2. The lowest BCUT2D eigenvalue weighted by Gasteiger charge is -2.19. The van der Waals surface area contributed by atoms with Gasteiger partial charge >= 0.3 is 5.97 Å². The summed E-state index contributed by atoms with van der Waals surface area (Å²) in [5.41, 5.74) is -1.88. The lowest BCUT2D eigenvalue weighted by molar-refractivity contribution is -0.146. The van der Waals surface area contributed by atoms with Gasteiger partial charge in [0.1, 0.15) is 5.69 Å². The Labute approximate surface area is 129 Å². The normalized spacial score (nSPS) is 11.7. The van der Waals surface area contributed by atoms with Crippen LogP contribution in [0.3, 0.4) is 0 Å². The quantitative estimate of drug-likeness (QED) is 0.869. The van der Waals surface area contributed by atoms with Crippen LogP contribution in [0.5, 0.6) is 0 Å². The maximum Gasteiger partial charge on any atom is 0.331 e. The van der Waals surface area contributed by atoms with Gasteiger partial charge in [0.05, 0.1) is 23.6 Å². The summed E-state index contributed by atoms with van der Waals surface area (Å²) >= 11 is 0. The molecule has 0 radical (unpaired) electrons. The summed E-state index contributed by atoms with van der Waals surface area (Å²) in [7, 11) is 1.31. The van der Waals surface area contributed by atoms with Crippen LogP contribution in [0.25, 0.3) is 0 Å². The Morgan fingerprint density at radius 2 is 1.96 bits per heavy atom. The number of nitrogens with one attached hydrogen (secondary N) is 1. The lowest BCUT2D eigenvalue weighted by atomic mass is 10.1. The van der Waals surface area contributed by atoms with Crippen molar-refractivity contribution < 1.29 is 23.5 Å². The van der Waals surface area contributed by atoms with Crippen LogP contribution in [-0.2, 0) is 17.4 Å². The van der Waals surface area contributed by atoms with E-state index in [1.54, 1.807) is 0 Å². The minimum absolute atomic E-state index is 0.188. The van der Waals surface area contributed by atoms with Gasteiger partial charge in [-0.1, -0.05) is 0 Å². The van der Waals surface area contributed by atoms with Gasteiger partial charge in [-0.3, -0.25) is 14.2 Å². The number of aliphatic carboxylic acids is 1. The van der Waals surface area contributed by atoms with Gasteiger partial charge < -0.3 is 10.4 Å². The molecule has 2 aromatic rings. The van der Waals surface area contributed by atoms with E-state index in [-0.39, 0.29) is 11.3 Å². The van der Waals surface area contributed by atoms with Gasteiger partial charge in [-0.05, 0) is 13.8 Å². The fraction of sp³-hybridized carbons (Fsp3) is 0.385. The molecule has 2 aromatic heterocycles. The first-order valence-corrected chi connectivity index (χ1v) is 6.54. The van der Waals surface area contributed by atoms with Crippen molar-refractivity contribution in [2.45, 2.75) is 25.8 Å². The van der Waals surface area contributed by atoms with E-state index >= 15 is 0 Å². The summed E-state index contributed by atoms with van der Waals surface area (Å²) < 4.78 is 28.0. The first kappa shape index (κ1) is 16.6. The van der Waals surface area contributed by atoms with Gasteiger partial charge in [-0.25, -0.2) is 13.6 Å². The topological polar surface area (TPSA) is 102 Å². The maximum absolute atomic E-state index is 12.9. The Hall–Kier alpha value is -2.78. The van der Waals surface area contributed by atoms with Gasteiger partial charge in [0.25, 0.3) is 12.3 Å². The molecule has 0 spiro atoms. The molecule has 10 heteroatoms.